The molecule has 0 aliphatic carbocycles. The molecule has 2 heterocycles. The van der Waals surface area contributed by atoms with Crippen LogP contribution >= 0.6 is 11.6 Å². The Balaban J connectivity index is 1.58. The van der Waals surface area contributed by atoms with Crippen LogP contribution in [-0.2, 0) is 10.8 Å². The fraction of sp³-hybridized carbons (Fsp3) is 0.222. The van der Waals surface area contributed by atoms with E-state index >= 15 is 0 Å². The predicted molar refractivity (Wildman–Crippen MR) is 170 cm³/mol. The number of fused-ring (bicyclic) bond motifs is 2. The molecule has 0 spiro atoms. The molecule has 0 saturated heterocycles. The molecule has 2 aromatic heterocycles. The molecule has 4 aromatic carbocycles. The van der Waals surface area contributed by atoms with Crippen molar-refractivity contribution in [2.45, 2.75) is 52.4 Å². The predicted octanol–water partition coefficient (Wildman–Crippen LogP) is 10.2. The van der Waals surface area contributed by atoms with Crippen molar-refractivity contribution >= 4 is 33.5 Å². The summed E-state index contributed by atoms with van der Waals surface area (Å²) in [4.78, 5) is 10.2. The first kappa shape index (κ1) is 26.3. The van der Waals surface area contributed by atoms with Gasteiger partial charge in [0.15, 0.2) is 0 Å². The molecule has 6 rings (SSSR count). The highest BCUT2D eigenvalue weighted by Crippen LogP contribution is 2.37. The Kier molecular flexibility index (Phi) is 6.31. The lowest BCUT2D eigenvalue weighted by atomic mass is 9.84. The second-order valence-corrected chi connectivity index (χ2v) is 13.0. The number of para-hydroxylation sites is 3. The van der Waals surface area contributed by atoms with Gasteiger partial charge in [-0.05, 0) is 82.6 Å². The van der Waals surface area contributed by atoms with Gasteiger partial charge in [-0.3, -0.25) is 4.57 Å². The van der Waals surface area contributed by atoms with Gasteiger partial charge in [0.25, 0.3) is 0 Å². The van der Waals surface area contributed by atoms with Gasteiger partial charge in [-0.1, -0.05) is 89.5 Å². The van der Waals surface area contributed by atoms with Gasteiger partial charge in [0.05, 0.1) is 27.3 Å². The molecule has 0 fully saturated rings. The van der Waals surface area contributed by atoms with Gasteiger partial charge < -0.3 is 0 Å². The van der Waals surface area contributed by atoms with Crippen LogP contribution in [0.2, 0.25) is 5.02 Å². The lowest BCUT2D eigenvalue weighted by Gasteiger charge is -2.22. The zero-order valence-corrected chi connectivity index (χ0v) is 24.7. The summed E-state index contributed by atoms with van der Waals surface area (Å²) < 4.78 is 2.25. The minimum Gasteiger partial charge on any atom is -0.292 e. The van der Waals surface area contributed by atoms with Gasteiger partial charge in [0.2, 0.25) is 0 Å². The summed E-state index contributed by atoms with van der Waals surface area (Å²) in [6.45, 7) is 13.3. The molecular formula is C36H34ClN3. The van der Waals surface area contributed by atoms with E-state index in [0.29, 0.717) is 5.02 Å². The van der Waals surface area contributed by atoms with Gasteiger partial charge in [0.1, 0.15) is 5.82 Å². The van der Waals surface area contributed by atoms with Crippen molar-refractivity contribution in [3.8, 4) is 28.3 Å². The number of benzene rings is 4. The van der Waals surface area contributed by atoms with Gasteiger partial charge in [-0.15, -0.1) is 0 Å². The Hall–Kier alpha value is -3.95. The monoisotopic (exact) mass is 543 g/mol. The normalized spacial score (nSPS) is 12.4. The SMILES string of the molecule is CC(C)(C)c1cc(-c2ccc3cc(C(C)(C)C)cc(Cl)c3n2)cc(-c2nc3ccccc3n2-c2ccccc2)c1. The third-order valence-corrected chi connectivity index (χ3v) is 7.83. The van der Waals surface area contributed by atoms with E-state index in [2.05, 4.69) is 131 Å². The van der Waals surface area contributed by atoms with Gasteiger partial charge in [0, 0.05) is 22.2 Å². The zero-order chi connectivity index (χ0) is 28.2. The largest absolute Gasteiger partial charge is 0.292 e. The van der Waals surface area contributed by atoms with Crippen LogP contribution in [0.1, 0.15) is 52.7 Å². The van der Waals surface area contributed by atoms with E-state index in [9.17, 15) is 0 Å². The van der Waals surface area contributed by atoms with Crippen LogP contribution in [0.5, 0.6) is 0 Å². The smallest absolute Gasteiger partial charge is 0.145 e. The van der Waals surface area contributed by atoms with E-state index in [4.69, 9.17) is 21.6 Å². The Morgan fingerprint density at radius 2 is 1.27 bits per heavy atom. The number of hydrogen-bond donors (Lipinski definition) is 0. The first-order valence-corrected chi connectivity index (χ1v) is 14.2. The van der Waals surface area contributed by atoms with Crippen LogP contribution < -0.4 is 0 Å². The first-order valence-electron chi connectivity index (χ1n) is 13.8. The molecular weight excluding hydrogens is 510 g/mol. The summed E-state index contributed by atoms with van der Waals surface area (Å²) in [7, 11) is 0. The minimum absolute atomic E-state index is 0.0106. The maximum Gasteiger partial charge on any atom is 0.145 e. The number of imidazole rings is 1. The molecule has 0 amide bonds. The number of rotatable bonds is 3. The maximum absolute atomic E-state index is 6.82. The van der Waals surface area contributed by atoms with Crippen molar-refractivity contribution in [2.75, 3.05) is 0 Å². The van der Waals surface area contributed by atoms with Crippen LogP contribution in [0.25, 0.3) is 50.3 Å². The van der Waals surface area contributed by atoms with Crippen LogP contribution in [-0.4, -0.2) is 14.5 Å². The average Bonchev–Trinajstić information content (AvgIpc) is 3.32. The standard InChI is InChI=1S/C36H34ClN3/c1-35(2,3)26-20-24(30-17-16-23-19-27(36(4,5)6)22-29(37)33(23)38-30)18-25(21-26)34-39-31-14-10-11-15-32(31)40(34)28-12-8-7-9-13-28/h7-22H,1-6H3. The number of hydrogen-bond acceptors (Lipinski definition) is 2. The summed E-state index contributed by atoms with van der Waals surface area (Å²) in [5, 5.41) is 1.74. The van der Waals surface area contributed by atoms with E-state index in [1.54, 1.807) is 0 Å². The second kappa shape index (κ2) is 9.60. The fourth-order valence-electron chi connectivity index (χ4n) is 5.18. The molecule has 3 nitrogen and oxygen atoms in total. The molecule has 4 heteroatoms. The van der Waals surface area contributed by atoms with Gasteiger partial charge >= 0.3 is 0 Å². The number of aromatic nitrogens is 3. The van der Waals surface area contributed by atoms with Gasteiger partial charge in [-0.25, -0.2) is 9.97 Å². The van der Waals surface area contributed by atoms with Crippen molar-refractivity contribution in [2.24, 2.45) is 0 Å². The van der Waals surface area contributed by atoms with Crippen LogP contribution in [0.15, 0.2) is 97.1 Å². The third-order valence-electron chi connectivity index (χ3n) is 7.54. The molecule has 6 aromatic rings. The minimum atomic E-state index is -0.0650. The average molecular weight is 544 g/mol. The lowest BCUT2D eigenvalue weighted by Crippen LogP contribution is -2.12. The molecule has 200 valence electrons. The van der Waals surface area contributed by atoms with E-state index in [0.717, 1.165) is 50.3 Å². The molecule has 0 aliphatic heterocycles. The molecule has 0 aliphatic rings. The van der Waals surface area contributed by atoms with E-state index < -0.39 is 0 Å². The number of halogens is 1. The quantitative estimate of drug-likeness (QED) is 0.222. The Labute approximate surface area is 241 Å². The van der Waals surface area contributed by atoms with Crippen LogP contribution in [0, 0.1) is 0 Å². The summed E-state index contributed by atoms with van der Waals surface area (Å²) in [6.07, 6.45) is 0. The third kappa shape index (κ3) is 4.80. The highest BCUT2D eigenvalue weighted by Gasteiger charge is 2.21. The molecule has 0 bridgehead atoms. The topological polar surface area (TPSA) is 30.7 Å². The van der Waals surface area contributed by atoms with Crippen molar-refractivity contribution in [1.29, 1.82) is 0 Å². The molecule has 0 unspecified atom stereocenters. The summed E-state index contributed by atoms with van der Waals surface area (Å²) in [6, 6.07) is 34.0. The summed E-state index contributed by atoms with van der Waals surface area (Å²) in [5.74, 6) is 0.911. The van der Waals surface area contributed by atoms with Crippen molar-refractivity contribution in [3.63, 3.8) is 0 Å². The van der Waals surface area contributed by atoms with Crippen molar-refractivity contribution < 1.29 is 0 Å². The van der Waals surface area contributed by atoms with E-state index in [-0.39, 0.29) is 10.8 Å². The molecule has 40 heavy (non-hydrogen) atoms. The van der Waals surface area contributed by atoms with Gasteiger partial charge in [-0.2, -0.15) is 0 Å². The summed E-state index contributed by atoms with van der Waals surface area (Å²) >= 11 is 6.82. The van der Waals surface area contributed by atoms with Crippen LogP contribution in [0.4, 0.5) is 0 Å². The van der Waals surface area contributed by atoms with E-state index in [1.165, 1.54) is 11.1 Å². The molecule has 0 saturated carbocycles. The second-order valence-electron chi connectivity index (χ2n) is 12.6. The van der Waals surface area contributed by atoms with Crippen molar-refractivity contribution in [3.05, 3.63) is 113 Å². The van der Waals surface area contributed by atoms with E-state index in [1.807, 2.05) is 12.1 Å². The maximum atomic E-state index is 6.82. The fourth-order valence-corrected chi connectivity index (χ4v) is 5.45. The highest BCUT2D eigenvalue weighted by molar-refractivity contribution is 6.35. The molecule has 0 atom stereocenters. The highest BCUT2D eigenvalue weighted by atomic mass is 35.5. The first-order chi connectivity index (χ1) is 19.0. The Bertz CT molecular complexity index is 1870. The molecule has 0 N–H and O–H groups in total. The Morgan fingerprint density at radius 1 is 0.625 bits per heavy atom. The zero-order valence-electron chi connectivity index (χ0n) is 24.0. The number of nitrogens with zero attached hydrogens (tertiary/aromatic N) is 3. The molecule has 0 radical (unpaired) electrons. The van der Waals surface area contributed by atoms with Crippen molar-refractivity contribution in [1.82, 2.24) is 14.5 Å². The lowest BCUT2D eigenvalue weighted by molar-refractivity contribution is 0.590. The summed E-state index contributed by atoms with van der Waals surface area (Å²) in [5.41, 5.74) is 9.33. The Morgan fingerprint density at radius 3 is 2.00 bits per heavy atom. The van der Waals surface area contributed by atoms with Crippen LogP contribution in [0.3, 0.4) is 0 Å². The number of pyridine rings is 1.